The van der Waals surface area contributed by atoms with Gasteiger partial charge in [-0.1, -0.05) is 100 Å². The third kappa shape index (κ3) is 5.60. The standard InChI is InChI=1S/C30H36F2N2OSi/c1-23(20-24-12-11-17-28-27(24)21-33-34-28)18-19-30(31,32)22-35-36(29(2,3)4,25-13-7-5-8-14-25)26-15-9-6-10-16-26/h5-17,21,23H,18-20,22H2,1-4H3,(H,33,34)/t23-/m0/s1. The van der Waals surface area contributed by atoms with Gasteiger partial charge in [-0.05, 0) is 45.8 Å². The molecule has 0 aliphatic rings. The molecule has 0 bridgehead atoms. The lowest BCUT2D eigenvalue weighted by Gasteiger charge is -2.43. The Morgan fingerprint density at radius 1 is 0.889 bits per heavy atom. The van der Waals surface area contributed by atoms with Crippen molar-refractivity contribution in [3.05, 3.63) is 90.6 Å². The van der Waals surface area contributed by atoms with Gasteiger partial charge in [-0.15, -0.1) is 0 Å². The number of fused-ring (bicyclic) bond motifs is 1. The minimum atomic E-state index is -2.99. The maximum atomic E-state index is 15.4. The van der Waals surface area contributed by atoms with Gasteiger partial charge in [0.2, 0.25) is 0 Å². The smallest absolute Gasteiger partial charge is 0.269 e. The molecule has 1 atom stereocenters. The molecule has 36 heavy (non-hydrogen) atoms. The number of hydrogen-bond donors (Lipinski definition) is 1. The van der Waals surface area contributed by atoms with Gasteiger partial charge in [0.1, 0.15) is 0 Å². The molecule has 0 radical (unpaired) electrons. The van der Waals surface area contributed by atoms with Gasteiger partial charge in [0.15, 0.2) is 0 Å². The molecule has 0 aliphatic heterocycles. The molecule has 190 valence electrons. The molecule has 0 unspecified atom stereocenters. The van der Waals surface area contributed by atoms with Crippen molar-refractivity contribution in [1.82, 2.24) is 10.2 Å². The molecule has 0 saturated heterocycles. The van der Waals surface area contributed by atoms with E-state index >= 15 is 8.78 Å². The van der Waals surface area contributed by atoms with Gasteiger partial charge in [-0.2, -0.15) is 5.10 Å². The van der Waals surface area contributed by atoms with Crippen LogP contribution in [0.3, 0.4) is 0 Å². The minimum Gasteiger partial charge on any atom is -0.401 e. The summed E-state index contributed by atoms with van der Waals surface area (Å²) in [6.07, 6.45) is 2.77. The van der Waals surface area contributed by atoms with E-state index in [1.54, 1.807) is 0 Å². The second-order valence-corrected chi connectivity index (χ2v) is 15.2. The van der Waals surface area contributed by atoms with Crippen molar-refractivity contribution in [2.45, 2.75) is 57.9 Å². The fourth-order valence-electron chi connectivity index (χ4n) is 5.19. The van der Waals surface area contributed by atoms with Gasteiger partial charge < -0.3 is 4.43 Å². The molecule has 0 fully saturated rings. The van der Waals surface area contributed by atoms with Crippen LogP contribution in [0.15, 0.2) is 85.1 Å². The van der Waals surface area contributed by atoms with Crippen LogP contribution in [0, 0.1) is 5.92 Å². The zero-order valence-electron chi connectivity index (χ0n) is 21.6. The molecule has 0 spiro atoms. The van der Waals surface area contributed by atoms with E-state index in [4.69, 9.17) is 4.43 Å². The van der Waals surface area contributed by atoms with E-state index in [1.165, 1.54) is 0 Å². The van der Waals surface area contributed by atoms with E-state index in [9.17, 15) is 0 Å². The summed E-state index contributed by atoms with van der Waals surface area (Å²) < 4.78 is 37.2. The normalized spacial score (nSPS) is 13.7. The van der Waals surface area contributed by atoms with Crippen LogP contribution in [0.4, 0.5) is 8.78 Å². The first-order valence-corrected chi connectivity index (χ1v) is 14.6. The van der Waals surface area contributed by atoms with Gasteiger partial charge in [-0.25, -0.2) is 8.78 Å². The third-order valence-corrected chi connectivity index (χ3v) is 12.0. The highest BCUT2D eigenvalue weighted by atomic mass is 28.4. The zero-order chi connectivity index (χ0) is 25.8. The fourth-order valence-corrected chi connectivity index (χ4v) is 9.77. The Balaban J connectivity index is 1.50. The predicted molar refractivity (Wildman–Crippen MR) is 147 cm³/mol. The van der Waals surface area contributed by atoms with Crippen LogP contribution in [-0.4, -0.2) is 31.0 Å². The lowest BCUT2D eigenvalue weighted by Crippen LogP contribution is -2.67. The topological polar surface area (TPSA) is 37.9 Å². The Morgan fingerprint density at radius 2 is 1.50 bits per heavy atom. The Kier molecular flexibility index (Phi) is 7.76. The second kappa shape index (κ2) is 10.6. The van der Waals surface area contributed by atoms with Crippen molar-refractivity contribution in [3.63, 3.8) is 0 Å². The number of H-pyrrole nitrogens is 1. The van der Waals surface area contributed by atoms with E-state index in [0.29, 0.717) is 6.42 Å². The van der Waals surface area contributed by atoms with E-state index in [-0.39, 0.29) is 17.4 Å². The first-order chi connectivity index (χ1) is 17.1. The summed E-state index contributed by atoms with van der Waals surface area (Å²) in [6, 6.07) is 25.9. The minimum absolute atomic E-state index is 0.115. The first-order valence-electron chi connectivity index (χ1n) is 12.7. The number of aromatic nitrogens is 2. The van der Waals surface area contributed by atoms with E-state index < -0.39 is 20.8 Å². The van der Waals surface area contributed by atoms with Crippen LogP contribution in [0.5, 0.6) is 0 Å². The van der Waals surface area contributed by atoms with Gasteiger partial charge in [0.05, 0.1) is 18.3 Å². The van der Waals surface area contributed by atoms with E-state index in [0.717, 1.165) is 33.3 Å². The average Bonchev–Trinajstić information content (AvgIpc) is 3.34. The van der Waals surface area contributed by atoms with E-state index in [1.807, 2.05) is 85.9 Å². The molecule has 4 rings (SSSR count). The number of benzene rings is 3. The molecule has 1 N–H and O–H groups in total. The molecule has 3 aromatic carbocycles. The molecule has 0 saturated carbocycles. The van der Waals surface area contributed by atoms with Crippen molar-refractivity contribution in [3.8, 4) is 0 Å². The van der Waals surface area contributed by atoms with Crippen LogP contribution >= 0.6 is 0 Å². The van der Waals surface area contributed by atoms with Gasteiger partial charge >= 0.3 is 0 Å². The van der Waals surface area contributed by atoms with Crippen LogP contribution < -0.4 is 10.4 Å². The fraction of sp³-hybridized carbons (Fsp3) is 0.367. The summed E-state index contributed by atoms with van der Waals surface area (Å²) in [6.45, 7) is 7.78. The molecule has 0 aliphatic carbocycles. The molecular weight excluding hydrogens is 470 g/mol. The molecule has 6 heteroatoms. The van der Waals surface area contributed by atoms with Crippen molar-refractivity contribution in [1.29, 1.82) is 0 Å². The van der Waals surface area contributed by atoms with Gasteiger partial charge in [0, 0.05) is 11.8 Å². The van der Waals surface area contributed by atoms with Crippen molar-refractivity contribution in [2.75, 3.05) is 6.61 Å². The van der Waals surface area contributed by atoms with Crippen molar-refractivity contribution >= 4 is 29.6 Å². The van der Waals surface area contributed by atoms with Crippen LogP contribution in [-0.2, 0) is 10.8 Å². The van der Waals surface area contributed by atoms with Crippen LogP contribution in [0.2, 0.25) is 5.04 Å². The number of aromatic amines is 1. The molecule has 3 nitrogen and oxygen atoms in total. The molecule has 1 heterocycles. The number of alkyl halides is 2. The Bertz CT molecular complexity index is 1210. The SMILES string of the molecule is C[C@@H](CCC(F)(F)CO[Si](c1ccccc1)(c1ccccc1)C(C)(C)C)Cc1cccc2[nH]ncc12. The quantitative estimate of drug-likeness (QED) is 0.242. The Hall–Kier alpha value is -2.83. The highest BCUT2D eigenvalue weighted by Gasteiger charge is 2.51. The first kappa shape index (κ1) is 26.2. The van der Waals surface area contributed by atoms with Gasteiger partial charge in [0.25, 0.3) is 14.2 Å². The zero-order valence-corrected chi connectivity index (χ0v) is 22.6. The molecule has 0 amide bonds. The lowest BCUT2D eigenvalue weighted by atomic mass is 9.93. The number of nitrogens with one attached hydrogen (secondary N) is 1. The third-order valence-electron chi connectivity index (χ3n) is 7.06. The maximum absolute atomic E-state index is 15.4. The summed E-state index contributed by atoms with van der Waals surface area (Å²) in [5, 5.41) is 9.85. The summed E-state index contributed by atoms with van der Waals surface area (Å²) in [5.74, 6) is -2.80. The number of rotatable bonds is 10. The number of nitrogens with zero attached hydrogens (tertiary/aromatic N) is 1. The molecule has 4 aromatic rings. The summed E-state index contributed by atoms with van der Waals surface area (Å²) in [5.41, 5.74) is 2.12. The summed E-state index contributed by atoms with van der Waals surface area (Å²) in [4.78, 5) is 0. The summed E-state index contributed by atoms with van der Waals surface area (Å²) >= 11 is 0. The predicted octanol–water partition coefficient (Wildman–Crippen LogP) is 6.73. The molecule has 1 aromatic heterocycles. The van der Waals surface area contributed by atoms with Crippen LogP contribution in [0.1, 0.15) is 46.1 Å². The Morgan fingerprint density at radius 3 is 2.08 bits per heavy atom. The monoisotopic (exact) mass is 506 g/mol. The summed E-state index contributed by atoms with van der Waals surface area (Å²) in [7, 11) is -2.99. The maximum Gasteiger partial charge on any atom is 0.269 e. The van der Waals surface area contributed by atoms with E-state index in [2.05, 4.69) is 37.0 Å². The van der Waals surface area contributed by atoms with Crippen molar-refractivity contribution in [2.24, 2.45) is 5.92 Å². The number of halogens is 2. The second-order valence-electron chi connectivity index (χ2n) is 10.9. The molecular formula is C30H36F2N2OSi. The van der Waals surface area contributed by atoms with Gasteiger partial charge in [-0.3, -0.25) is 5.10 Å². The highest BCUT2D eigenvalue weighted by molar-refractivity contribution is 6.99. The lowest BCUT2D eigenvalue weighted by molar-refractivity contribution is -0.0543. The Labute approximate surface area is 214 Å². The highest BCUT2D eigenvalue weighted by Crippen LogP contribution is 2.38. The van der Waals surface area contributed by atoms with Crippen molar-refractivity contribution < 1.29 is 13.2 Å². The van der Waals surface area contributed by atoms with Crippen LogP contribution in [0.25, 0.3) is 10.9 Å². The largest absolute Gasteiger partial charge is 0.401 e. The average molecular weight is 507 g/mol. The number of hydrogen-bond acceptors (Lipinski definition) is 2.